The molecule has 0 aliphatic heterocycles. The number of carbonyl (C=O) groups is 3. The average molecular weight is 678 g/mol. The van der Waals surface area contributed by atoms with E-state index in [0.29, 0.717) is 38.0 Å². The Morgan fingerprint density at radius 2 is 1.40 bits per heavy atom. The molecule has 0 spiro atoms. The highest BCUT2D eigenvalue weighted by Crippen LogP contribution is 2.37. The van der Waals surface area contributed by atoms with E-state index in [-0.39, 0.29) is 28.2 Å². The van der Waals surface area contributed by atoms with E-state index in [1.807, 2.05) is 74.5 Å². The van der Waals surface area contributed by atoms with Gasteiger partial charge < -0.3 is 14.0 Å². The van der Waals surface area contributed by atoms with Crippen molar-refractivity contribution in [3.8, 4) is 22.5 Å². The summed E-state index contributed by atoms with van der Waals surface area (Å²) in [4.78, 5) is 59.5. The van der Waals surface area contributed by atoms with E-state index in [0.717, 1.165) is 21.7 Å². The zero-order valence-corrected chi connectivity index (χ0v) is 28.5. The lowest BCUT2D eigenvalue weighted by Gasteiger charge is -2.14. The highest BCUT2D eigenvalue weighted by molar-refractivity contribution is 7.99. The Morgan fingerprint density at radius 1 is 0.792 bits per heavy atom. The number of thiophene rings is 1. The number of ether oxygens (including phenoxy) is 2. The number of thioether (sulfide) groups is 1. The average Bonchev–Trinajstić information content (AvgIpc) is 3.60. The predicted molar refractivity (Wildman–Crippen MR) is 188 cm³/mol. The van der Waals surface area contributed by atoms with Crippen molar-refractivity contribution in [1.82, 2.24) is 14.1 Å². The first kappa shape index (κ1) is 32.7. The fourth-order valence-electron chi connectivity index (χ4n) is 5.86. The number of rotatable bonds is 9. The third-order valence-electron chi connectivity index (χ3n) is 8.03. The molecule has 0 amide bonds. The van der Waals surface area contributed by atoms with Gasteiger partial charge in [0.25, 0.3) is 5.56 Å². The van der Waals surface area contributed by atoms with Gasteiger partial charge in [0.2, 0.25) is 0 Å². The van der Waals surface area contributed by atoms with Crippen LogP contribution in [-0.4, -0.2) is 51.8 Å². The van der Waals surface area contributed by atoms with Crippen LogP contribution in [0, 0.1) is 20.8 Å². The Kier molecular flexibility index (Phi) is 9.16. The number of fused-ring (bicyclic) bond motifs is 1. The molecule has 0 saturated carbocycles. The van der Waals surface area contributed by atoms with Crippen molar-refractivity contribution in [3.05, 3.63) is 128 Å². The lowest BCUT2D eigenvalue weighted by Crippen LogP contribution is -2.22. The Balaban J connectivity index is 1.39. The number of para-hydroxylation sites is 1. The minimum Gasteiger partial charge on any atom is -0.465 e. The van der Waals surface area contributed by atoms with Gasteiger partial charge in [-0.3, -0.25) is 14.2 Å². The monoisotopic (exact) mass is 677 g/mol. The van der Waals surface area contributed by atoms with Crippen molar-refractivity contribution in [1.29, 1.82) is 0 Å². The van der Waals surface area contributed by atoms with Crippen LogP contribution in [-0.2, 0) is 9.47 Å². The van der Waals surface area contributed by atoms with Gasteiger partial charge in [0.15, 0.2) is 10.9 Å². The van der Waals surface area contributed by atoms with Crippen LogP contribution >= 0.6 is 23.1 Å². The molecule has 242 valence electrons. The van der Waals surface area contributed by atoms with Crippen LogP contribution in [0.2, 0.25) is 0 Å². The highest BCUT2D eigenvalue weighted by Gasteiger charge is 2.24. The molecule has 0 N–H and O–H groups in total. The second kappa shape index (κ2) is 13.5. The molecule has 11 heteroatoms. The van der Waals surface area contributed by atoms with Gasteiger partial charge in [-0.15, -0.1) is 11.3 Å². The minimum absolute atomic E-state index is 0.0145. The van der Waals surface area contributed by atoms with Gasteiger partial charge in [-0.1, -0.05) is 60.3 Å². The lowest BCUT2D eigenvalue weighted by atomic mass is 10.0. The number of Topliss-reactive ketones (excluding diaryl/α,β-unsaturated/α-hetero) is 1. The quantitative estimate of drug-likeness (QED) is 0.0675. The number of nitrogens with zero attached hydrogens (tertiary/aromatic N) is 3. The number of hydrogen-bond acceptors (Lipinski definition) is 9. The van der Waals surface area contributed by atoms with Gasteiger partial charge in [-0.05, 0) is 62.7 Å². The van der Waals surface area contributed by atoms with E-state index in [1.165, 1.54) is 43.4 Å². The largest absolute Gasteiger partial charge is 0.465 e. The molecule has 6 aromatic rings. The molecule has 0 fully saturated rings. The minimum atomic E-state index is -0.608. The number of methoxy groups -OCH3 is 2. The van der Waals surface area contributed by atoms with E-state index >= 15 is 0 Å². The van der Waals surface area contributed by atoms with Crippen molar-refractivity contribution in [3.63, 3.8) is 0 Å². The zero-order valence-electron chi connectivity index (χ0n) is 26.9. The Hall–Kier alpha value is -5.26. The summed E-state index contributed by atoms with van der Waals surface area (Å²) < 4.78 is 13.2. The molecule has 0 bridgehead atoms. The second-order valence-electron chi connectivity index (χ2n) is 11.0. The van der Waals surface area contributed by atoms with E-state index in [4.69, 9.17) is 14.5 Å². The van der Waals surface area contributed by atoms with Gasteiger partial charge in [0, 0.05) is 33.1 Å². The molecule has 6 rings (SSSR count). The van der Waals surface area contributed by atoms with E-state index in [2.05, 4.69) is 0 Å². The molecule has 9 nitrogen and oxygen atoms in total. The van der Waals surface area contributed by atoms with Crippen LogP contribution in [0.1, 0.15) is 47.3 Å². The molecular weight excluding hydrogens is 647 g/mol. The van der Waals surface area contributed by atoms with Crippen LogP contribution in [0.15, 0.2) is 94.9 Å². The van der Waals surface area contributed by atoms with Crippen LogP contribution in [0.4, 0.5) is 0 Å². The maximum atomic E-state index is 14.3. The zero-order chi connectivity index (χ0) is 34.1. The summed E-state index contributed by atoms with van der Waals surface area (Å²) in [6.07, 6.45) is 0. The first-order valence-electron chi connectivity index (χ1n) is 15.0. The third kappa shape index (κ3) is 5.98. The first-order chi connectivity index (χ1) is 23.1. The van der Waals surface area contributed by atoms with Crippen molar-refractivity contribution in [2.75, 3.05) is 20.0 Å². The summed E-state index contributed by atoms with van der Waals surface area (Å²) in [5.74, 6) is -1.37. The van der Waals surface area contributed by atoms with Gasteiger partial charge in [-0.25, -0.2) is 14.6 Å². The molecular formula is C37H31N3O6S2. The highest BCUT2D eigenvalue weighted by atomic mass is 32.2. The molecule has 48 heavy (non-hydrogen) atoms. The first-order valence-corrected chi connectivity index (χ1v) is 16.8. The normalized spacial score (nSPS) is 11.1. The van der Waals surface area contributed by atoms with Gasteiger partial charge >= 0.3 is 11.9 Å². The fraction of sp³-hybridized carbons (Fsp3) is 0.162. The number of carbonyl (C=O) groups excluding carboxylic acids is 3. The fourth-order valence-corrected chi connectivity index (χ4v) is 7.84. The second-order valence-corrected chi connectivity index (χ2v) is 13.2. The number of aryl methyl sites for hydroxylation is 2. The predicted octanol–water partition coefficient (Wildman–Crippen LogP) is 7.38. The van der Waals surface area contributed by atoms with Crippen molar-refractivity contribution in [2.24, 2.45) is 0 Å². The Bertz CT molecular complexity index is 2240. The van der Waals surface area contributed by atoms with Gasteiger partial charge in [-0.2, -0.15) is 0 Å². The van der Waals surface area contributed by atoms with Crippen molar-refractivity contribution < 1.29 is 23.9 Å². The Morgan fingerprint density at radius 3 is 2.00 bits per heavy atom. The van der Waals surface area contributed by atoms with Crippen LogP contribution < -0.4 is 5.56 Å². The lowest BCUT2D eigenvalue weighted by molar-refractivity contribution is 0.0598. The smallest absolute Gasteiger partial charge is 0.337 e. The van der Waals surface area contributed by atoms with E-state index in [9.17, 15) is 19.2 Å². The van der Waals surface area contributed by atoms with Crippen molar-refractivity contribution >= 4 is 51.0 Å². The molecule has 0 radical (unpaired) electrons. The molecule has 0 aliphatic rings. The summed E-state index contributed by atoms with van der Waals surface area (Å²) in [7, 11) is 2.53. The van der Waals surface area contributed by atoms with E-state index in [1.54, 1.807) is 34.3 Å². The maximum absolute atomic E-state index is 14.3. The molecule has 3 heterocycles. The summed E-state index contributed by atoms with van der Waals surface area (Å²) in [5, 5.41) is 0.961. The summed E-state index contributed by atoms with van der Waals surface area (Å²) in [6, 6.07) is 25.5. The van der Waals surface area contributed by atoms with Gasteiger partial charge in [0.05, 0.1) is 42.2 Å². The molecule has 3 aromatic carbocycles. The third-order valence-corrected chi connectivity index (χ3v) is 9.97. The molecule has 3 aromatic heterocycles. The number of ketones is 1. The van der Waals surface area contributed by atoms with Crippen LogP contribution in [0.25, 0.3) is 32.7 Å². The van der Waals surface area contributed by atoms with Crippen LogP contribution in [0.5, 0.6) is 0 Å². The van der Waals surface area contributed by atoms with E-state index < -0.39 is 11.9 Å². The molecule has 0 unspecified atom stereocenters. The SMILES string of the molecule is COC(=O)c1cc(C(=O)OC)cc(-n2c(C)cc(C(=O)CSc3nc4sc(C)c(-c5ccccc5)c4c(=O)n3-c3ccccc3)c2C)c1. The number of benzene rings is 3. The number of hydrogen-bond donors (Lipinski definition) is 0. The van der Waals surface area contributed by atoms with Crippen LogP contribution in [0.3, 0.4) is 0 Å². The summed E-state index contributed by atoms with van der Waals surface area (Å²) in [6.45, 7) is 5.63. The molecule has 0 atom stereocenters. The van der Waals surface area contributed by atoms with Gasteiger partial charge in [0.1, 0.15) is 4.83 Å². The Labute approximate surface area is 284 Å². The number of aromatic nitrogens is 3. The van der Waals surface area contributed by atoms with Crippen molar-refractivity contribution in [2.45, 2.75) is 25.9 Å². The molecule has 0 aliphatic carbocycles. The molecule has 0 saturated heterocycles. The summed E-state index contributed by atoms with van der Waals surface area (Å²) >= 11 is 2.66. The number of esters is 2. The topological polar surface area (TPSA) is 109 Å². The maximum Gasteiger partial charge on any atom is 0.337 e. The summed E-state index contributed by atoms with van der Waals surface area (Å²) in [5.41, 5.74) is 4.93. The standard InChI is InChI=1S/C37H31N3O6S2/c1-21-16-29(22(2)39(21)28-18-25(35(43)45-4)17-26(19-28)36(44)46-5)30(41)20-47-37-38-33-32(34(42)40(37)27-14-10-7-11-15-27)31(23(3)48-33)24-12-8-6-9-13-24/h6-19H,20H2,1-5H3.